The summed E-state index contributed by atoms with van der Waals surface area (Å²) < 4.78 is 5.28. The zero-order valence-electron chi connectivity index (χ0n) is 5.31. The summed E-state index contributed by atoms with van der Waals surface area (Å²) in [6.07, 6.45) is 2.93. The van der Waals surface area contributed by atoms with Gasteiger partial charge in [0, 0.05) is 6.54 Å². The fraction of sp³-hybridized carbons (Fsp3) is 1.00. The summed E-state index contributed by atoms with van der Waals surface area (Å²) in [5.41, 5.74) is 0. The van der Waals surface area contributed by atoms with E-state index in [1.807, 2.05) is 0 Å². The van der Waals surface area contributed by atoms with Gasteiger partial charge >= 0.3 is 0 Å². The van der Waals surface area contributed by atoms with Gasteiger partial charge in [0.15, 0.2) is 0 Å². The molecule has 0 radical (unpaired) electrons. The van der Waals surface area contributed by atoms with Crippen LogP contribution in [0, 0.1) is 0 Å². The average Bonchev–Trinajstić information content (AvgIpc) is 2.19. The third-order valence-corrected chi connectivity index (χ3v) is 1.40. The van der Waals surface area contributed by atoms with Gasteiger partial charge in [-0.2, -0.15) is 0 Å². The summed E-state index contributed by atoms with van der Waals surface area (Å²) in [4.78, 5) is 0. The summed E-state index contributed by atoms with van der Waals surface area (Å²) >= 11 is 0. The first-order valence-electron chi connectivity index (χ1n) is 3.26. The summed E-state index contributed by atoms with van der Waals surface area (Å²) in [5.74, 6) is 0. The Hall–Kier alpha value is -0.0800. The van der Waals surface area contributed by atoms with Crippen LogP contribution in [0.15, 0.2) is 0 Å². The molecule has 1 aliphatic heterocycles. The van der Waals surface area contributed by atoms with Crippen LogP contribution in [0.3, 0.4) is 0 Å². The lowest BCUT2D eigenvalue weighted by molar-refractivity contribution is 0.106. The molecule has 0 spiro atoms. The molecule has 1 fully saturated rings. The van der Waals surface area contributed by atoms with Crippen LogP contribution in [0.1, 0.15) is 19.8 Å². The summed E-state index contributed by atoms with van der Waals surface area (Å²) in [7, 11) is 0. The third-order valence-electron chi connectivity index (χ3n) is 1.40. The van der Waals surface area contributed by atoms with Crippen molar-refractivity contribution in [1.82, 2.24) is 5.32 Å². The largest absolute Gasteiger partial charge is 0.362 e. The molecule has 1 atom stereocenters. The second-order valence-electron chi connectivity index (χ2n) is 2.18. The van der Waals surface area contributed by atoms with E-state index in [4.69, 9.17) is 4.74 Å². The molecular weight excluding hydrogens is 102 g/mol. The molecule has 1 N–H and O–H groups in total. The highest BCUT2D eigenvalue weighted by atomic mass is 16.5. The van der Waals surface area contributed by atoms with Crippen molar-refractivity contribution in [3.05, 3.63) is 0 Å². The molecule has 0 aromatic heterocycles. The quantitative estimate of drug-likeness (QED) is 0.573. The van der Waals surface area contributed by atoms with E-state index >= 15 is 0 Å². The van der Waals surface area contributed by atoms with Crippen LogP contribution in [0.4, 0.5) is 0 Å². The molecule has 2 nitrogen and oxygen atoms in total. The lowest BCUT2D eigenvalue weighted by atomic mass is 10.2. The predicted octanol–water partition coefficient (Wildman–Crippen LogP) is 0.732. The van der Waals surface area contributed by atoms with Crippen LogP contribution in [0.5, 0.6) is 0 Å². The predicted molar refractivity (Wildman–Crippen MR) is 32.7 cm³/mol. The second-order valence-corrected chi connectivity index (χ2v) is 2.18. The Morgan fingerprint density at radius 1 is 1.75 bits per heavy atom. The van der Waals surface area contributed by atoms with Gasteiger partial charge in [0.05, 0.1) is 12.8 Å². The lowest BCUT2D eigenvalue weighted by Crippen LogP contribution is -2.12. The minimum Gasteiger partial charge on any atom is -0.362 e. The van der Waals surface area contributed by atoms with Gasteiger partial charge in [-0.1, -0.05) is 13.3 Å². The van der Waals surface area contributed by atoms with Crippen molar-refractivity contribution >= 4 is 0 Å². The molecule has 48 valence electrons. The van der Waals surface area contributed by atoms with Crippen LogP contribution in [-0.4, -0.2) is 19.4 Å². The van der Waals surface area contributed by atoms with Gasteiger partial charge in [0.2, 0.25) is 0 Å². The minimum absolute atomic E-state index is 0.500. The van der Waals surface area contributed by atoms with Gasteiger partial charge in [-0.3, -0.25) is 5.32 Å². The molecule has 0 aromatic rings. The van der Waals surface area contributed by atoms with E-state index in [1.54, 1.807) is 0 Å². The Labute approximate surface area is 50.2 Å². The Bertz CT molecular complexity index is 59.5. The maximum atomic E-state index is 5.28. The first-order valence-corrected chi connectivity index (χ1v) is 3.26. The Morgan fingerprint density at radius 2 is 2.62 bits per heavy atom. The zero-order valence-corrected chi connectivity index (χ0v) is 5.31. The SMILES string of the molecule is CCCC1CNCO1. The number of rotatable bonds is 2. The molecule has 1 unspecified atom stereocenters. The molecule has 1 aliphatic rings. The highest BCUT2D eigenvalue weighted by Gasteiger charge is 2.11. The molecule has 1 saturated heterocycles. The Kier molecular flexibility index (Phi) is 2.30. The molecule has 0 aliphatic carbocycles. The third kappa shape index (κ3) is 1.46. The standard InChI is InChI=1S/C6H13NO/c1-2-3-6-4-7-5-8-6/h6-7H,2-5H2,1H3. The van der Waals surface area contributed by atoms with Crippen molar-refractivity contribution in [1.29, 1.82) is 0 Å². The maximum absolute atomic E-state index is 5.28. The number of ether oxygens (including phenoxy) is 1. The summed E-state index contributed by atoms with van der Waals surface area (Å²) in [6, 6.07) is 0. The zero-order chi connectivity index (χ0) is 5.82. The smallest absolute Gasteiger partial charge is 0.0970 e. The fourth-order valence-corrected chi connectivity index (χ4v) is 0.963. The van der Waals surface area contributed by atoms with Crippen LogP contribution in [0.2, 0.25) is 0 Å². The number of hydrogen-bond donors (Lipinski definition) is 1. The molecule has 0 bridgehead atoms. The number of hydrogen-bond acceptors (Lipinski definition) is 2. The van der Waals surface area contributed by atoms with E-state index in [0.29, 0.717) is 6.10 Å². The molecule has 2 heteroatoms. The fourth-order valence-electron chi connectivity index (χ4n) is 0.963. The topological polar surface area (TPSA) is 21.3 Å². The molecule has 1 heterocycles. The van der Waals surface area contributed by atoms with Crippen LogP contribution >= 0.6 is 0 Å². The van der Waals surface area contributed by atoms with E-state index < -0.39 is 0 Å². The minimum atomic E-state index is 0.500. The van der Waals surface area contributed by atoms with E-state index in [0.717, 1.165) is 13.3 Å². The Morgan fingerprint density at radius 3 is 3.12 bits per heavy atom. The van der Waals surface area contributed by atoms with E-state index in [2.05, 4.69) is 12.2 Å². The summed E-state index contributed by atoms with van der Waals surface area (Å²) in [6.45, 7) is 3.99. The van der Waals surface area contributed by atoms with Gasteiger partial charge in [0.25, 0.3) is 0 Å². The molecule has 8 heavy (non-hydrogen) atoms. The van der Waals surface area contributed by atoms with Crippen molar-refractivity contribution in [2.75, 3.05) is 13.3 Å². The van der Waals surface area contributed by atoms with Gasteiger partial charge < -0.3 is 4.74 Å². The molecule has 0 saturated carbocycles. The highest BCUT2D eigenvalue weighted by Crippen LogP contribution is 2.03. The van der Waals surface area contributed by atoms with Crippen molar-refractivity contribution in [3.63, 3.8) is 0 Å². The van der Waals surface area contributed by atoms with Crippen molar-refractivity contribution < 1.29 is 4.74 Å². The van der Waals surface area contributed by atoms with Crippen molar-refractivity contribution in [2.45, 2.75) is 25.9 Å². The first-order chi connectivity index (χ1) is 3.93. The summed E-state index contributed by atoms with van der Waals surface area (Å²) in [5, 5.41) is 3.13. The number of nitrogens with one attached hydrogen (secondary N) is 1. The van der Waals surface area contributed by atoms with Gasteiger partial charge in [-0.25, -0.2) is 0 Å². The molecule has 0 aromatic carbocycles. The molecular formula is C6H13NO. The molecule has 1 rings (SSSR count). The van der Waals surface area contributed by atoms with Crippen LogP contribution < -0.4 is 5.32 Å². The van der Waals surface area contributed by atoms with E-state index in [-0.39, 0.29) is 0 Å². The van der Waals surface area contributed by atoms with Crippen LogP contribution in [0.25, 0.3) is 0 Å². The highest BCUT2D eigenvalue weighted by molar-refractivity contribution is 4.64. The lowest BCUT2D eigenvalue weighted by Gasteiger charge is -2.03. The Balaban J connectivity index is 2.06. The van der Waals surface area contributed by atoms with Gasteiger partial charge in [-0.15, -0.1) is 0 Å². The van der Waals surface area contributed by atoms with Crippen LogP contribution in [-0.2, 0) is 4.74 Å². The van der Waals surface area contributed by atoms with Crippen molar-refractivity contribution in [3.8, 4) is 0 Å². The van der Waals surface area contributed by atoms with E-state index in [1.165, 1.54) is 12.8 Å². The normalized spacial score (nSPS) is 28.9. The van der Waals surface area contributed by atoms with Crippen molar-refractivity contribution in [2.24, 2.45) is 0 Å². The van der Waals surface area contributed by atoms with E-state index in [9.17, 15) is 0 Å². The maximum Gasteiger partial charge on any atom is 0.0970 e. The van der Waals surface area contributed by atoms with Gasteiger partial charge in [0.1, 0.15) is 0 Å². The van der Waals surface area contributed by atoms with Gasteiger partial charge in [-0.05, 0) is 6.42 Å². The average molecular weight is 115 g/mol. The second kappa shape index (κ2) is 3.05. The first kappa shape index (κ1) is 6.05. The molecule has 0 amide bonds. The monoisotopic (exact) mass is 115 g/mol.